The summed E-state index contributed by atoms with van der Waals surface area (Å²) in [6.07, 6.45) is 6.24. The molecule has 4 N–H and O–H groups in total. The molecule has 0 radical (unpaired) electrons. The van der Waals surface area contributed by atoms with Crippen LogP contribution in [0.25, 0.3) is 23.2 Å². The molecule has 1 aromatic carbocycles. The highest BCUT2D eigenvalue weighted by atomic mass is 16.3. The predicted octanol–water partition coefficient (Wildman–Crippen LogP) is 0.574. The second-order valence-electron chi connectivity index (χ2n) is 5.48. The van der Waals surface area contributed by atoms with E-state index < -0.39 is 12.2 Å². The number of aromatic amines is 2. The molecule has 0 saturated carbocycles. The Hall–Kier alpha value is -2.70. The molecule has 2 atom stereocenters. The lowest BCUT2D eigenvalue weighted by Gasteiger charge is -2.13. The van der Waals surface area contributed by atoms with E-state index in [0.717, 1.165) is 28.2 Å². The van der Waals surface area contributed by atoms with E-state index in [1.807, 2.05) is 48.6 Å². The molecule has 3 aromatic rings. The molecule has 0 saturated heterocycles. The van der Waals surface area contributed by atoms with Gasteiger partial charge in [-0.05, 0) is 24.6 Å². The zero-order valence-electron chi connectivity index (χ0n) is 12.3. The number of hydrogen-bond donors (Lipinski definition) is 4. The Labute approximate surface area is 131 Å². The van der Waals surface area contributed by atoms with E-state index in [4.69, 9.17) is 0 Å². The molecule has 0 aliphatic heterocycles. The zero-order chi connectivity index (χ0) is 15.8. The highest BCUT2D eigenvalue weighted by molar-refractivity contribution is 5.74. The molecule has 1 aliphatic carbocycles. The first-order valence-corrected chi connectivity index (χ1v) is 7.46. The van der Waals surface area contributed by atoms with Crippen molar-refractivity contribution < 1.29 is 10.2 Å². The van der Waals surface area contributed by atoms with Crippen LogP contribution in [0.15, 0.2) is 36.4 Å². The molecule has 6 heteroatoms. The Kier molecular flexibility index (Phi) is 3.33. The standard InChI is InChI=1S/C17H16N4O2/c22-14(16-18-10-6-2-1-3-7-11(10)19-16)15(23)17-20-12-8-4-5-9-13(12)21-17/h1-2,4-9,14-15,22-23H,3H2,(H,18,19)(H,20,21). The van der Waals surface area contributed by atoms with Gasteiger partial charge >= 0.3 is 0 Å². The third-order valence-electron chi connectivity index (χ3n) is 3.89. The molecule has 0 fully saturated rings. The fourth-order valence-corrected chi connectivity index (χ4v) is 2.68. The number of hydrogen-bond acceptors (Lipinski definition) is 4. The van der Waals surface area contributed by atoms with Gasteiger partial charge in [0.25, 0.3) is 0 Å². The molecule has 1 aliphatic rings. The Morgan fingerprint density at radius 2 is 1.78 bits per heavy atom. The highest BCUT2D eigenvalue weighted by Gasteiger charge is 2.25. The molecule has 2 unspecified atom stereocenters. The number of fused-ring (bicyclic) bond motifs is 2. The fraction of sp³-hybridized carbons (Fsp3) is 0.176. The van der Waals surface area contributed by atoms with Crippen LogP contribution >= 0.6 is 0 Å². The van der Waals surface area contributed by atoms with Crippen molar-refractivity contribution in [3.63, 3.8) is 0 Å². The second-order valence-corrected chi connectivity index (χ2v) is 5.48. The normalized spacial score (nSPS) is 16.3. The predicted molar refractivity (Wildman–Crippen MR) is 86.5 cm³/mol. The van der Waals surface area contributed by atoms with Crippen LogP contribution in [-0.4, -0.2) is 30.1 Å². The summed E-state index contributed by atoms with van der Waals surface area (Å²) in [6.45, 7) is 0. The number of benzene rings is 1. The summed E-state index contributed by atoms with van der Waals surface area (Å²) in [4.78, 5) is 14.8. The monoisotopic (exact) mass is 308 g/mol. The molecule has 23 heavy (non-hydrogen) atoms. The Morgan fingerprint density at radius 1 is 1.00 bits per heavy atom. The number of para-hydroxylation sites is 2. The van der Waals surface area contributed by atoms with Gasteiger partial charge in [-0.3, -0.25) is 0 Å². The number of nitrogens with one attached hydrogen (secondary N) is 2. The van der Waals surface area contributed by atoms with Crippen molar-refractivity contribution >= 4 is 23.2 Å². The Balaban J connectivity index is 1.69. The van der Waals surface area contributed by atoms with Crippen LogP contribution in [0.1, 0.15) is 30.3 Å². The quantitative estimate of drug-likeness (QED) is 0.569. The molecule has 2 aromatic heterocycles. The van der Waals surface area contributed by atoms with Crippen LogP contribution in [0.5, 0.6) is 0 Å². The third kappa shape index (κ3) is 2.48. The third-order valence-corrected chi connectivity index (χ3v) is 3.89. The fourth-order valence-electron chi connectivity index (χ4n) is 2.68. The summed E-state index contributed by atoms with van der Waals surface area (Å²) in [5.74, 6) is 0.643. The lowest BCUT2D eigenvalue weighted by atomic mass is 10.2. The molecule has 6 nitrogen and oxygen atoms in total. The summed E-state index contributed by atoms with van der Waals surface area (Å²) in [6, 6.07) is 7.48. The first kappa shape index (κ1) is 13.9. The number of aromatic nitrogens is 4. The molecular formula is C17H16N4O2. The van der Waals surface area contributed by atoms with Gasteiger partial charge in [-0.15, -0.1) is 0 Å². The minimum atomic E-state index is -1.19. The first-order chi connectivity index (χ1) is 11.2. The van der Waals surface area contributed by atoms with Crippen molar-refractivity contribution in [1.29, 1.82) is 0 Å². The van der Waals surface area contributed by atoms with Crippen molar-refractivity contribution in [3.05, 3.63) is 58.8 Å². The molecule has 0 bridgehead atoms. The summed E-state index contributed by atoms with van der Waals surface area (Å²) in [5, 5.41) is 22.5. The van der Waals surface area contributed by atoms with E-state index in [1.54, 1.807) is 0 Å². The SMILES string of the molecule is OC(c1nc2c([nH]1)=CC=CCC=2)C(O)c1nc2ccccc2[nH]1. The van der Waals surface area contributed by atoms with Crippen molar-refractivity contribution in [3.8, 4) is 0 Å². The van der Waals surface area contributed by atoms with Crippen LogP contribution in [-0.2, 0) is 0 Å². The van der Waals surface area contributed by atoms with Gasteiger partial charge in [0, 0.05) is 0 Å². The van der Waals surface area contributed by atoms with Crippen molar-refractivity contribution in [1.82, 2.24) is 19.9 Å². The van der Waals surface area contributed by atoms with Gasteiger partial charge in [-0.1, -0.05) is 30.4 Å². The minimum Gasteiger partial charge on any atom is -0.382 e. The maximum Gasteiger partial charge on any atom is 0.145 e. The zero-order valence-corrected chi connectivity index (χ0v) is 12.3. The maximum absolute atomic E-state index is 10.4. The molecule has 4 rings (SSSR count). The summed E-state index contributed by atoms with van der Waals surface area (Å²) >= 11 is 0. The van der Waals surface area contributed by atoms with Gasteiger partial charge in [0.15, 0.2) is 0 Å². The average molecular weight is 308 g/mol. The average Bonchev–Trinajstić information content (AvgIpc) is 3.12. The van der Waals surface area contributed by atoms with Gasteiger partial charge < -0.3 is 20.2 Å². The van der Waals surface area contributed by atoms with Gasteiger partial charge in [-0.2, -0.15) is 0 Å². The van der Waals surface area contributed by atoms with Crippen LogP contribution in [0.4, 0.5) is 0 Å². The number of H-pyrrole nitrogens is 2. The van der Waals surface area contributed by atoms with E-state index in [9.17, 15) is 10.2 Å². The van der Waals surface area contributed by atoms with Crippen molar-refractivity contribution in [2.45, 2.75) is 18.6 Å². The number of aliphatic hydroxyl groups excluding tert-OH is 2. The number of imidazole rings is 2. The van der Waals surface area contributed by atoms with E-state index >= 15 is 0 Å². The van der Waals surface area contributed by atoms with Crippen LogP contribution in [0, 0.1) is 0 Å². The smallest absolute Gasteiger partial charge is 0.145 e. The highest BCUT2D eigenvalue weighted by Crippen LogP contribution is 2.25. The largest absolute Gasteiger partial charge is 0.382 e. The molecule has 2 heterocycles. The summed E-state index contributed by atoms with van der Waals surface area (Å²) < 4.78 is 0. The van der Waals surface area contributed by atoms with Gasteiger partial charge in [-0.25, -0.2) is 9.97 Å². The van der Waals surface area contributed by atoms with Crippen LogP contribution in [0.3, 0.4) is 0 Å². The van der Waals surface area contributed by atoms with Crippen molar-refractivity contribution in [2.24, 2.45) is 0 Å². The number of nitrogens with zero attached hydrogens (tertiary/aromatic N) is 2. The van der Waals surface area contributed by atoms with Crippen LogP contribution < -0.4 is 10.7 Å². The van der Waals surface area contributed by atoms with E-state index in [0.29, 0.717) is 11.6 Å². The van der Waals surface area contributed by atoms with E-state index in [1.165, 1.54) is 0 Å². The molecule has 0 spiro atoms. The van der Waals surface area contributed by atoms with E-state index in [-0.39, 0.29) is 0 Å². The van der Waals surface area contributed by atoms with Gasteiger partial charge in [0.05, 0.1) is 21.7 Å². The lowest BCUT2D eigenvalue weighted by Crippen LogP contribution is -2.23. The number of rotatable bonds is 3. The number of allylic oxidation sites excluding steroid dienone is 2. The lowest BCUT2D eigenvalue weighted by molar-refractivity contribution is 0.00750. The minimum absolute atomic E-state index is 0.318. The topological polar surface area (TPSA) is 97.8 Å². The van der Waals surface area contributed by atoms with Crippen molar-refractivity contribution in [2.75, 3.05) is 0 Å². The second kappa shape index (κ2) is 5.49. The maximum atomic E-state index is 10.4. The molecule has 0 amide bonds. The summed E-state index contributed by atoms with van der Waals surface area (Å²) in [5.41, 5.74) is 1.56. The Bertz CT molecular complexity index is 966. The van der Waals surface area contributed by atoms with Crippen LogP contribution in [0.2, 0.25) is 0 Å². The van der Waals surface area contributed by atoms with E-state index in [2.05, 4.69) is 19.9 Å². The molecular weight excluding hydrogens is 292 g/mol. The van der Waals surface area contributed by atoms with Gasteiger partial charge in [0.1, 0.15) is 23.9 Å². The summed E-state index contributed by atoms with van der Waals surface area (Å²) in [7, 11) is 0. The number of aliphatic hydroxyl groups is 2. The molecule has 116 valence electrons. The Morgan fingerprint density at radius 3 is 2.61 bits per heavy atom. The van der Waals surface area contributed by atoms with Gasteiger partial charge in [0.2, 0.25) is 0 Å². The first-order valence-electron chi connectivity index (χ1n) is 7.46.